The number of phenolic OH excluding ortho intramolecular Hbond substituents is 1. The van der Waals surface area contributed by atoms with E-state index in [0.717, 1.165) is 63.5 Å². The van der Waals surface area contributed by atoms with Crippen LogP contribution in [0.3, 0.4) is 0 Å². The van der Waals surface area contributed by atoms with Gasteiger partial charge in [-0.25, -0.2) is 9.37 Å². The summed E-state index contributed by atoms with van der Waals surface area (Å²) in [6.07, 6.45) is 1.48. The molecule has 0 spiro atoms. The second kappa shape index (κ2) is 20.0. The Morgan fingerprint density at radius 2 is 1.78 bits per heavy atom. The molecule has 0 saturated carbocycles. The van der Waals surface area contributed by atoms with Crippen molar-refractivity contribution in [2.24, 2.45) is 10.9 Å². The van der Waals surface area contributed by atoms with E-state index >= 15 is 4.39 Å². The van der Waals surface area contributed by atoms with Crippen molar-refractivity contribution in [3.63, 3.8) is 0 Å². The van der Waals surface area contributed by atoms with Crippen molar-refractivity contribution in [2.45, 2.75) is 72.4 Å². The fraction of sp³-hybridized carbons (Fsp3) is 0.385. The monoisotopic (exact) mass is 990 g/mol. The number of carbonyl (C=O) groups is 1. The molecule has 1 fully saturated rings. The number of ether oxygens (including phenoxy) is 1. The summed E-state index contributed by atoms with van der Waals surface area (Å²) in [5, 5.41) is 30.1. The summed E-state index contributed by atoms with van der Waals surface area (Å²) in [6, 6.07) is 19.6. The minimum Gasteiger partial charge on any atom is -0.508 e. The van der Waals surface area contributed by atoms with E-state index in [1.165, 1.54) is 4.88 Å². The minimum absolute atomic E-state index is 0.0155. The smallest absolute Gasteiger partial charge is 0.227 e. The number of anilines is 2. The summed E-state index contributed by atoms with van der Waals surface area (Å²) in [5.74, 6) is 1.85. The number of fused-ring (bicyclic) bond motifs is 5. The molecule has 0 aliphatic carbocycles. The highest BCUT2D eigenvalue weighted by molar-refractivity contribution is 7.15. The first kappa shape index (κ1) is 48.3. The Balaban J connectivity index is 0.847. The van der Waals surface area contributed by atoms with Gasteiger partial charge in [-0.15, -0.1) is 21.5 Å². The average Bonchev–Trinajstić information content (AvgIpc) is 3.81. The number of aromatic hydroxyl groups is 1. The lowest BCUT2D eigenvalue weighted by atomic mass is 9.96. The van der Waals surface area contributed by atoms with Gasteiger partial charge in [0.1, 0.15) is 34.0 Å². The Bertz CT molecular complexity index is 3100. The highest BCUT2D eigenvalue weighted by atomic mass is 35.5. The highest BCUT2D eigenvalue weighted by Crippen LogP contribution is 2.43. The van der Waals surface area contributed by atoms with Crippen LogP contribution in [-0.4, -0.2) is 100.0 Å². The summed E-state index contributed by atoms with van der Waals surface area (Å²) in [5.41, 5.74) is 4.20. The Hall–Kier alpha value is -5.71. The molecule has 1 amide bonds. The van der Waals surface area contributed by atoms with E-state index in [1.807, 2.05) is 67.4 Å². The highest BCUT2D eigenvalue weighted by Gasteiger charge is 2.33. The first-order valence-corrected chi connectivity index (χ1v) is 25.0. The molecule has 3 aromatic heterocycles. The molecule has 2 aliphatic heterocycles. The van der Waals surface area contributed by atoms with Crippen LogP contribution in [0.15, 0.2) is 71.7 Å². The zero-order chi connectivity index (χ0) is 48.7. The van der Waals surface area contributed by atoms with Crippen molar-refractivity contribution in [2.75, 3.05) is 62.7 Å². The van der Waals surface area contributed by atoms with E-state index in [2.05, 4.69) is 64.9 Å². The Morgan fingerprint density at radius 1 is 1.03 bits per heavy atom. The van der Waals surface area contributed by atoms with Crippen molar-refractivity contribution >= 4 is 79.6 Å². The molecule has 13 nitrogen and oxygen atoms in total. The van der Waals surface area contributed by atoms with Gasteiger partial charge in [-0.2, -0.15) is 4.98 Å². The zero-order valence-electron chi connectivity index (χ0n) is 40.0. The van der Waals surface area contributed by atoms with Crippen molar-refractivity contribution < 1.29 is 19.0 Å². The molecule has 360 valence electrons. The van der Waals surface area contributed by atoms with Crippen molar-refractivity contribution in [1.82, 2.24) is 35.4 Å². The average molecular weight is 992 g/mol. The predicted octanol–water partition coefficient (Wildman–Crippen LogP) is 10.3. The number of nitrogens with zero attached hydrogens (tertiary/aromatic N) is 8. The van der Waals surface area contributed by atoms with Gasteiger partial charge in [0.05, 0.1) is 22.8 Å². The number of aromatic nitrogens is 5. The number of phenols is 1. The molecule has 7 aromatic rings. The Morgan fingerprint density at radius 3 is 2.55 bits per heavy atom. The number of thiophene rings is 1. The summed E-state index contributed by atoms with van der Waals surface area (Å²) in [4.78, 5) is 34.1. The van der Waals surface area contributed by atoms with Crippen LogP contribution in [0.1, 0.15) is 79.3 Å². The molecule has 17 heteroatoms. The van der Waals surface area contributed by atoms with Gasteiger partial charge >= 0.3 is 0 Å². The van der Waals surface area contributed by atoms with Gasteiger partial charge in [-0.1, -0.05) is 66.5 Å². The number of carbonyl (C=O) groups excluding carboxylic acids is 1. The Labute approximate surface area is 415 Å². The third-order valence-electron chi connectivity index (χ3n) is 13.3. The SMILES string of the molecule is Cc1sc2c(c1C)C(c1ccc(Cl)cc1)=NC(CC(=O)NCC(C)CCOC(C)(C)CCN(C)c1nc(N3CCNCC3)c3cc(Cl)c(-c4cc(O)cc5ccccc45)c(F)c3n1)c1nnc(C)n1-2. The summed E-state index contributed by atoms with van der Waals surface area (Å²) >= 11 is 14.9. The van der Waals surface area contributed by atoms with Crippen LogP contribution >= 0.6 is 34.5 Å². The maximum atomic E-state index is 17.1. The van der Waals surface area contributed by atoms with E-state index < -0.39 is 17.5 Å². The lowest BCUT2D eigenvalue weighted by molar-refractivity contribution is -0.121. The summed E-state index contributed by atoms with van der Waals surface area (Å²) in [7, 11) is 1.91. The molecule has 2 aliphatic rings. The van der Waals surface area contributed by atoms with Crippen LogP contribution in [0.2, 0.25) is 10.0 Å². The first-order valence-electron chi connectivity index (χ1n) is 23.4. The number of piperazine rings is 1. The van der Waals surface area contributed by atoms with Gasteiger partial charge in [-0.3, -0.25) is 14.4 Å². The van der Waals surface area contributed by atoms with Crippen molar-refractivity contribution in [3.8, 4) is 21.9 Å². The number of hydrogen-bond donors (Lipinski definition) is 3. The van der Waals surface area contributed by atoms with E-state index in [0.29, 0.717) is 72.8 Å². The lowest BCUT2D eigenvalue weighted by Crippen LogP contribution is -2.44. The third kappa shape index (κ3) is 10.0. The van der Waals surface area contributed by atoms with Crippen LogP contribution in [0, 0.1) is 32.5 Å². The van der Waals surface area contributed by atoms with Crippen LogP contribution in [0.4, 0.5) is 16.2 Å². The third-order valence-corrected chi connectivity index (χ3v) is 15.0. The van der Waals surface area contributed by atoms with Crippen LogP contribution in [0.25, 0.3) is 37.8 Å². The molecule has 5 heterocycles. The fourth-order valence-corrected chi connectivity index (χ4v) is 10.8. The largest absolute Gasteiger partial charge is 0.508 e. The molecule has 2 unspecified atom stereocenters. The molecule has 3 N–H and O–H groups in total. The normalized spacial score (nSPS) is 15.5. The number of rotatable bonds is 15. The molecule has 0 bridgehead atoms. The second-order valence-corrected chi connectivity index (χ2v) is 20.9. The number of amides is 1. The van der Waals surface area contributed by atoms with Crippen LogP contribution in [0.5, 0.6) is 5.75 Å². The van der Waals surface area contributed by atoms with Crippen LogP contribution in [-0.2, 0) is 9.53 Å². The molecule has 4 aromatic carbocycles. The van der Waals surface area contributed by atoms with Crippen molar-refractivity contribution in [1.29, 1.82) is 0 Å². The number of benzene rings is 4. The van der Waals surface area contributed by atoms with Gasteiger partial charge in [0.15, 0.2) is 11.6 Å². The zero-order valence-corrected chi connectivity index (χ0v) is 42.3. The van der Waals surface area contributed by atoms with Gasteiger partial charge in [0.2, 0.25) is 11.9 Å². The number of halogens is 3. The Kier molecular flexibility index (Phi) is 14.0. The van der Waals surface area contributed by atoms with Gasteiger partial charge in [0.25, 0.3) is 0 Å². The van der Waals surface area contributed by atoms with Crippen molar-refractivity contribution in [3.05, 3.63) is 116 Å². The van der Waals surface area contributed by atoms with Crippen LogP contribution < -0.4 is 20.4 Å². The topological polar surface area (TPSA) is 146 Å². The molecule has 1 saturated heterocycles. The standard InChI is InChI=1S/C52H57Cl2FN10O3S/c1-29(28-57-42(67)27-41-49-62-61-32(4)65(49)50-43(30(2)31(3)69-50)46(58-41)33-12-14-35(53)15-13-33)16-23-68-52(5,6)17-20-63(7)51-59-47-39(48(60-51)64-21-18-56-19-22-64)26-40(54)44(45(47)55)38-25-36(66)24-34-10-8-9-11-37(34)38/h8-15,24-26,29,41,56,66H,16-23,27-28H2,1-7H3,(H,57,67). The predicted molar refractivity (Wildman–Crippen MR) is 277 cm³/mol. The van der Waals surface area contributed by atoms with E-state index in [4.69, 9.17) is 42.9 Å². The number of hydrogen-bond acceptors (Lipinski definition) is 12. The second-order valence-electron chi connectivity index (χ2n) is 18.8. The molecule has 0 radical (unpaired) electrons. The lowest BCUT2D eigenvalue weighted by Gasteiger charge is -2.31. The molecular weight excluding hydrogens is 935 g/mol. The number of aryl methyl sites for hydroxylation is 2. The maximum absolute atomic E-state index is 17.1. The molecule has 2 atom stereocenters. The molecular formula is C52H57Cl2FN10O3S. The van der Waals surface area contributed by atoms with Gasteiger partial charge < -0.3 is 30.3 Å². The molecule has 9 rings (SSSR count). The minimum atomic E-state index is -0.571. The molecule has 69 heavy (non-hydrogen) atoms. The number of nitrogens with one attached hydrogen (secondary N) is 2. The van der Waals surface area contributed by atoms with E-state index in [-0.39, 0.29) is 40.1 Å². The van der Waals surface area contributed by atoms with Gasteiger partial charge in [0, 0.05) is 84.9 Å². The summed E-state index contributed by atoms with van der Waals surface area (Å²) < 4.78 is 25.6. The fourth-order valence-electron chi connectivity index (χ4n) is 9.12. The van der Waals surface area contributed by atoms with E-state index in [9.17, 15) is 9.90 Å². The maximum Gasteiger partial charge on any atom is 0.227 e. The first-order chi connectivity index (χ1) is 33.1. The van der Waals surface area contributed by atoms with Gasteiger partial charge in [-0.05, 0) is 106 Å². The quantitative estimate of drug-likeness (QED) is 0.0908. The number of aliphatic imine (C=N–C) groups is 1. The summed E-state index contributed by atoms with van der Waals surface area (Å²) in [6.45, 7) is 16.8. The van der Waals surface area contributed by atoms with E-state index in [1.54, 1.807) is 29.5 Å².